The van der Waals surface area contributed by atoms with Crippen molar-refractivity contribution < 1.29 is 18.5 Å². The van der Waals surface area contributed by atoms with Gasteiger partial charge in [-0.05, 0) is 60.7 Å². The van der Waals surface area contributed by atoms with Crippen molar-refractivity contribution in [2.24, 2.45) is 0 Å². The van der Waals surface area contributed by atoms with Crippen LogP contribution in [0.15, 0.2) is 66.7 Å². The smallest absolute Gasteiger partial charge is 0.293 e. The van der Waals surface area contributed by atoms with E-state index in [0.29, 0.717) is 11.4 Å². The number of carbonyl (C=O) groups excluding carboxylic acids is 1. The number of amides is 1. The van der Waals surface area contributed by atoms with E-state index in [0.717, 1.165) is 6.07 Å². The molecule has 27 heavy (non-hydrogen) atoms. The van der Waals surface area contributed by atoms with Crippen LogP contribution in [0.5, 0.6) is 0 Å². The van der Waals surface area contributed by atoms with Gasteiger partial charge in [-0.15, -0.1) is 0 Å². The van der Waals surface area contributed by atoms with E-state index in [-0.39, 0.29) is 16.9 Å². The molecule has 0 saturated heterocycles. The van der Waals surface area contributed by atoms with Crippen LogP contribution in [-0.4, -0.2) is 10.8 Å². The zero-order valence-corrected chi connectivity index (χ0v) is 13.8. The van der Waals surface area contributed by atoms with Crippen molar-refractivity contribution in [2.75, 3.05) is 10.6 Å². The Morgan fingerprint density at radius 3 is 1.96 bits per heavy atom. The van der Waals surface area contributed by atoms with Crippen LogP contribution in [0, 0.1) is 21.7 Å². The van der Waals surface area contributed by atoms with Gasteiger partial charge in [-0.3, -0.25) is 14.9 Å². The van der Waals surface area contributed by atoms with E-state index in [1.54, 1.807) is 0 Å². The van der Waals surface area contributed by atoms with Gasteiger partial charge in [-0.25, -0.2) is 8.78 Å². The van der Waals surface area contributed by atoms with E-state index in [1.807, 2.05) is 0 Å². The van der Waals surface area contributed by atoms with Crippen LogP contribution >= 0.6 is 0 Å². The third kappa shape index (κ3) is 4.43. The molecule has 0 spiro atoms. The van der Waals surface area contributed by atoms with Gasteiger partial charge in [-0.2, -0.15) is 0 Å². The summed E-state index contributed by atoms with van der Waals surface area (Å²) >= 11 is 0. The molecule has 1 amide bonds. The highest BCUT2D eigenvalue weighted by Crippen LogP contribution is 2.29. The topological polar surface area (TPSA) is 84.3 Å². The van der Waals surface area contributed by atoms with Crippen LogP contribution in [-0.2, 0) is 0 Å². The average Bonchev–Trinajstić information content (AvgIpc) is 2.65. The molecule has 0 saturated carbocycles. The monoisotopic (exact) mass is 369 g/mol. The highest BCUT2D eigenvalue weighted by atomic mass is 19.1. The molecule has 0 unspecified atom stereocenters. The highest BCUT2D eigenvalue weighted by Gasteiger charge is 2.18. The fraction of sp³-hybridized carbons (Fsp3) is 0. The van der Waals surface area contributed by atoms with Gasteiger partial charge in [0.1, 0.15) is 17.3 Å². The molecule has 0 fully saturated rings. The molecule has 0 radical (unpaired) electrons. The Labute approximate surface area is 152 Å². The molecule has 6 nitrogen and oxygen atoms in total. The number of hydrogen-bond acceptors (Lipinski definition) is 4. The van der Waals surface area contributed by atoms with Crippen molar-refractivity contribution in [3.05, 3.63) is 94.0 Å². The van der Waals surface area contributed by atoms with Crippen LogP contribution in [0.1, 0.15) is 10.4 Å². The Morgan fingerprint density at radius 2 is 1.41 bits per heavy atom. The number of nitrogens with zero attached hydrogens (tertiary/aromatic N) is 1. The number of halogens is 2. The fourth-order valence-electron chi connectivity index (χ4n) is 2.35. The molecule has 0 atom stereocenters. The van der Waals surface area contributed by atoms with Crippen molar-refractivity contribution in [1.29, 1.82) is 0 Å². The van der Waals surface area contributed by atoms with Crippen molar-refractivity contribution in [1.82, 2.24) is 0 Å². The molecule has 8 heteroatoms. The minimum atomic E-state index is -0.624. The van der Waals surface area contributed by atoms with Crippen LogP contribution in [0.3, 0.4) is 0 Å². The lowest BCUT2D eigenvalue weighted by Gasteiger charge is -2.09. The summed E-state index contributed by atoms with van der Waals surface area (Å²) in [6.45, 7) is 0. The zero-order chi connectivity index (χ0) is 19.4. The van der Waals surface area contributed by atoms with E-state index in [9.17, 15) is 23.7 Å². The molecule has 0 aliphatic heterocycles. The maximum Gasteiger partial charge on any atom is 0.293 e. The van der Waals surface area contributed by atoms with Crippen LogP contribution in [0.2, 0.25) is 0 Å². The third-order valence-electron chi connectivity index (χ3n) is 3.68. The number of hydrogen-bond donors (Lipinski definition) is 2. The van der Waals surface area contributed by atoms with Gasteiger partial charge >= 0.3 is 0 Å². The van der Waals surface area contributed by atoms with E-state index < -0.39 is 22.5 Å². The summed E-state index contributed by atoms with van der Waals surface area (Å²) in [5, 5.41) is 16.7. The second kappa shape index (κ2) is 7.61. The summed E-state index contributed by atoms with van der Waals surface area (Å²) < 4.78 is 25.9. The average molecular weight is 369 g/mol. The first-order valence-electron chi connectivity index (χ1n) is 7.80. The van der Waals surface area contributed by atoms with Crippen molar-refractivity contribution >= 4 is 28.7 Å². The predicted molar refractivity (Wildman–Crippen MR) is 97.1 cm³/mol. The first kappa shape index (κ1) is 18.0. The first-order chi connectivity index (χ1) is 12.9. The number of benzene rings is 3. The Balaban J connectivity index is 1.84. The number of nitrogens with one attached hydrogen (secondary N) is 2. The van der Waals surface area contributed by atoms with Gasteiger partial charge in [0.05, 0.1) is 4.92 Å². The van der Waals surface area contributed by atoms with Gasteiger partial charge in [0.25, 0.3) is 11.6 Å². The van der Waals surface area contributed by atoms with E-state index in [4.69, 9.17) is 0 Å². The first-order valence-corrected chi connectivity index (χ1v) is 7.80. The minimum absolute atomic E-state index is 0.0654. The molecule has 0 heterocycles. The minimum Gasteiger partial charge on any atom is -0.350 e. The molecule has 3 aromatic rings. The van der Waals surface area contributed by atoms with E-state index in [1.165, 1.54) is 60.7 Å². The lowest BCUT2D eigenvalue weighted by atomic mass is 10.1. The number of rotatable bonds is 5. The standard InChI is InChI=1S/C19H13F2N3O3/c20-13-2-6-15(7-3-13)22-17-10-1-12(11-18(17)24(26)27)19(25)23-16-8-4-14(21)5-9-16/h1-11,22H,(H,23,25). The van der Waals surface area contributed by atoms with Gasteiger partial charge < -0.3 is 10.6 Å². The zero-order valence-electron chi connectivity index (χ0n) is 13.8. The predicted octanol–water partition coefficient (Wildman–Crippen LogP) is 4.87. The number of anilines is 3. The van der Waals surface area contributed by atoms with Crippen molar-refractivity contribution in [2.45, 2.75) is 0 Å². The molecule has 0 aliphatic rings. The molecule has 0 bridgehead atoms. The summed E-state index contributed by atoms with van der Waals surface area (Å²) in [5.41, 5.74) is 0.729. The molecule has 3 rings (SSSR count). The third-order valence-corrected chi connectivity index (χ3v) is 3.68. The Morgan fingerprint density at radius 1 is 0.852 bits per heavy atom. The van der Waals surface area contributed by atoms with Crippen molar-refractivity contribution in [3.8, 4) is 0 Å². The fourth-order valence-corrected chi connectivity index (χ4v) is 2.35. The molecule has 3 aromatic carbocycles. The lowest BCUT2D eigenvalue weighted by Crippen LogP contribution is -2.12. The lowest BCUT2D eigenvalue weighted by molar-refractivity contribution is -0.383. The van der Waals surface area contributed by atoms with E-state index in [2.05, 4.69) is 10.6 Å². The van der Waals surface area contributed by atoms with Crippen LogP contribution in [0.4, 0.5) is 31.5 Å². The van der Waals surface area contributed by atoms with Gasteiger partial charge in [0, 0.05) is 23.0 Å². The Hall–Kier alpha value is -3.81. The highest BCUT2D eigenvalue weighted by molar-refractivity contribution is 6.05. The summed E-state index contributed by atoms with van der Waals surface area (Å²) in [7, 11) is 0. The maximum absolute atomic E-state index is 13.0. The number of nitro groups is 1. The number of nitro benzene ring substituents is 1. The van der Waals surface area contributed by atoms with Gasteiger partial charge in [-0.1, -0.05) is 0 Å². The normalized spacial score (nSPS) is 10.3. The van der Waals surface area contributed by atoms with Crippen LogP contribution < -0.4 is 10.6 Å². The summed E-state index contributed by atoms with van der Waals surface area (Å²) in [6, 6.07) is 14.4. The maximum atomic E-state index is 13.0. The largest absolute Gasteiger partial charge is 0.350 e. The summed E-state index contributed by atoms with van der Waals surface area (Å²) in [4.78, 5) is 23.0. The Kier molecular flexibility index (Phi) is 5.07. The van der Waals surface area contributed by atoms with Gasteiger partial charge in [0.15, 0.2) is 0 Å². The van der Waals surface area contributed by atoms with E-state index >= 15 is 0 Å². The molecule has 2 N–H and O–H groups in total. The van der Waals surface area contributed by atoms with Crippen LogP contribution in [0.25, 0.3) is 0 Å². The molecular weight excluding hydrogens is 356 g/mol. The molecule has 0 aliphatic carbocycles. The molecule has 136 valence electrons. The second-order valence-corrected chi connectivity index (χ2v) is 5.58. The summed E-state index contributed by atoms with van der Waals surface area (Å²) in [5.74, 6) is -1.44. The number of carbonyl (C=O) groups is 1. The Bertz CT molecular complexity index is 990. The summed E-state index contributed by atoms with van der Waals surface area (Å²) in [6.07, 6.45) is 0. The van der Waals surface area contributed by atoms with Crippen molar-refractivity contribution in [3.63, 3.8) is 0 Å². The van der Waals surface area contributed by atoms with Gasteiger partial charge in [0.2, 0.25) is 0 Å². The molecular formula is C19H13F2N3O3. The quantitative estimate of drug-likeness (QED) is 0.496. The SMILES string of the molecule is O=C(Nc1ccc(F)cc1)c1ccc(Nc2ccc(F)cc2)c([N+](=O)[O-])c1. The second-order valence-electron chi connectivity index (χ2n) is 5.58. The molecule has 0 aromatic heterocycles.